The normalized spacial score (nSPS) is 13.0. The van der Waals surface area contributed by atoms with Crippen LogP contribution < -0.4 is 0 Å². The van der Waals surface area contributed by atoms with E-state index in [0.29, 0.717) is 0 Å². The van der Waals surface area contributed by atoms with Crippen molar-refractivity contribution in [3.8, 4) is 0 Å². The zero-order valence-corrected chi connectivity index (χ0v) is 5.60. The van der Waals surface area contributed by atoms with Gasteiger partial charge < -0.3 is 0 Å². The van der Waals surface area contributed by atoms with Crippen LogP contribution in [0.3, 0.4) is 0 Å². The van der Waals surface area contributed by atoms with Crippen molar-refractivity contribution in [2.45, 2.75) is 12.0 Å². The molecule has 0 aliphatic carbocycles. The van der Waals surface area contributed by atoms with Crippen molar-refractivity contribution >= 4 is 23.7 Å². The van der Waals surface area contributed by atoms with Crippen molar-refractivity contribution in [1.82, 2.24) is 0 Å². The van der Waals surface area contributed by atoms with Crippen LogP contribution in [-0.2, 0) is 9.53 Å². The molecule has 2 nitrogen and oxygen atoms in total. The molecule has 0 aromatic heterocycles. The van der Waals surface area contributed by atoms with Crippen LogP contribution in [0, 0.1) is 5.92 Å². The first-order valence-corrected chi connectivity index (χ1v) is 2.80. The summed E-state index contributed by atoms with van der Waals surface area (Å²) in [5.74, 6) is -0.0625. The van der Waals surface area contributed by atoms with Gasteiger partial charge in [-0.2, -0.15) is 0 Å². The first-order valence-electron chi connectivity index (χ1n) is 2.80. The maximum atomic E-state index is 10.5. The van der Waals surface area contributed by atoms with Crippen molar-refractivity contribution in [2.75, 3.05) is 7.11 Å². The Morgan fingerprint density at radius 1 is 1.88 bits per heavy atom. The number of rotatable bonds is 2. The van der Waals surface area contributed by atoms with E-state index in [1.165, 1.54) is 7.11 Å². The monoisotopic (exact) mass is 108 g/mol. The van der Waals surface area contributed by atoms with Crippen molar-refractivity contribution in [2.24, 2.45) is 5.92 Å². The van der Waals surface area contributed by atoms with Crippen LogP contribution in [0.2, 0.25) is 5.09 Å². The zero-order valence-electron chi connectivity index (χ0n) is 5.60. The minimum absolute atomic E-state index is 0.0556. The van der Waals surface area contributed by atoms with E-state index < -0.39 is 0 Å². The van der Waals surface area contributed by atoms with Gasteiger partial charge in [0.2, 0.25) is 0 Å². The molecule has 3 heteroatoms. The first kappa shape index (κ1) is 8.07. The average Bonchev–Trinajstić information content (AvgIpc) is 1.84. The van der Waals surface area contributed by atoms with Gasteiger partial charge in [0.25, 0.3) is 0 Å². The predicted molar refractivity (Wildman–Crippen MR) is 31.7 cm³/mol. The summed E-state index contributed by atoms with van der Waals surface area (Å²) in [5, 5.41) is 0.854. The van der Waals surface area contributed by atoms with Gasteiger partial charge in [-0.25, -0.2) is 0 Å². The van der Waals surface area contributed by atoms with Crippen molar-refractivity contribution in [3.05, 3.63) is 0 Å². The van der Waals surface area contributed by atoms with Gasteiger partial charge >= 0.3 is 58.3 Å². The second-order valence-electron chi connectivity index (χ2n) is 1.83. The molecule has 0 saturated heterocycles. The Balaban J connectivity index is 3.46. The van der Waals surface area contributed by atoms with E-state index in [2.05, 4.69) is 4.74 Å². The molecule has 0 aliphatic heterocycles. The Morgan fingerprint density at radius 2 is 2.38 bits per heavy atom. The first-order chi connectivity index (χ1) is 3.72. The van der Waals surface area contributed by atoms with Crippen LogP contribution >= 0.6 is 0 Å². The van der Waals surface area contributed by atoms with E-state index in [9.17, 15) is 4.79 Å². The van der Waals surface area contributed by atoms with Crippen molar-refractivity contribution in [1.29, 1.82) is 0 Å². The molecule has 0 amide bonds. The number of carbonyl (C=O) groups excluding carboxylic acids is 1. The summed E-state index contributed by atoms with van der Waals surface area (Å²) in [6, 6.07) is 0. The molecule has 1 unspecified atom stereocenters. The molecule has 0 aliphatic rings. The molecule has 0 aromatic rings. The summed E-state index contributed by atoms with van der Waals surface area (Å²) >= 11 is 1.96. The topological polar surface area (TPSA) is 26.3 Å². The number of methoxy groups -OCH3 is 1. The average molecular weight is 108 g/mol. The Hall–Kier alpha value is 0.0674. The molecular weight excluding hydrogens is 99.0 g/mol. The minimum atomic E-state index is -0.118. The van der Waals surface area contributed by atoms with E-state index in [-0.39, 0.29) is 11.9 Å². The number of carbonyl (C=O) groups is 1. The van der Waals surface area contributed by atoms with Gasteiger partial charge in [0.15, 0.2) is 0 Å². The summed E-state index contributed by atoms with van der Waals surface area (Å²) in [6.45, 7) is 1.85. The molecule has 0 N–H and O–H groups in total. The van der Waals surface area contributed by atoms with Crippen LogP contribution in [-0.4, -0.2) is 30.8 Å². The van der Waals surface area contributed by atoms with E-state index >= 15 is 0 Å². The van der Waals surface area contributed by atoms with E-state index in [0.717, 1.165) is 5.09 Å². The Kier molecular flexibility index (Phi) is 4.03. The molecule has 0 heterocycles. The van der Waals surface area contributed by atoms with E-state index in [1.54, 1.807) is 0 Å². The quantitative estimate of drug-likeness (QED) is 0.377. The summed E-state index contributed by atoms with van der Waals surface area (Å²) in [6.07, 6.45) is 0. The van der Waals surface area contributed by atoms with Crippen LogP contribution in [0.1, 0.15) is 6.92 Å². The summed E-state index contributed by atoms with van der Waals surface area (Å²) in [4.78, 5) is 10.5. The molecule has 1 atom stereocenters. The zero-order chi connectivity index (χ0) is 6.57. The third-order valence-electron chi connectivity index (χ3n) is 1.22. The fraction of sp³-hybridized carbons (Fsp3) is 0.800. The van der Waals surface area contributed by atoms with Crippen molar-refractivity contribution in [3.63, 3.8) is 0 Å². The van der Waals surface area contributed by atoms with Gasteiger partial charge in [0, 0.05) is 0 Å². The third kappa shape index (κ3) is 2.39. The Bertz CT molecular complexity index is 82.5. The summed E-state index contributed by atoms with van der Waals surface area (Å²) in [5.41, 5.74) is 0. The Labute approximate surface area is 58.8 Å². The summed E-state index contributed by atoms with van der Waals surface area (Å²) < 4.78 is 4.46. The van der Waals surface area contributed by atoms with E-state index in [1.807, 2.05) is 24.6 Å². The molecule has 0 rings (SSSR count). The molecule has 0 radical (unpaired) electrons. The maximum absolute atomic E-state index is 10.5. The molecule has 0 fully saturated rings. The summed E-state index contributed by atoms with van der Waals surface area (Å²) in [7, 11) is 1.41. The van der Waals surface area contributed by atoms with Gasteiger partial charge in [-0.15, -0.1) is 0 Å². The van der Waals surface area contributed by atoms with Crippen LogP contribution in [0.4, 0.5) is 0 Å². The Morgan fingerprint density at radius 3 is 2.50 bits per heavy atom. The van der Waals surface area contributed by atoms with Crippen LogP contribution in [0.25, 0.3) is 0 Å². The predicted octanol–water partition coefficient (Wildman–Crippen LogP) is 0.382. The number of ether oxygens (including phenoxy) is 1. The second kappa shape index (κ2) is 4.00. The number of hydrogen-bond donors (Lipinski definition) is 0. The van der Waals surface area contributed by atoms with Crippen molar-refractivity contribution < 1.29 is 9.53 Å². The number of esters is 1. The van der Waals surface area contributed by atoms with Gasteiger partial charge in [-0.05, 0) is 0 Å². The molecule has 0 saturated carbocycles. The van der Waals surface area contributed by atoms with Gasteiger partial charge in [-0.3, -0.25) is 0 Å². The van der Waals surface area contributed by atoms with E-state index in [4.69, 9.17) is 0 Å². The van der Waals surface area contributed by atoms with Gasteiger partial charge in [-0.1, -0.05) is 0 Å². The standard InChI is InChI=1S/C5H9O2.Li/c1-4(2)5(6)7-3;/h4H,1H2,2-3H3;. The fourth-order valence-corrected chi connectivity index (χ4v) is 0.368. The molecule has 42 valence electrons. The fourth-order valence-electron chi connectivity index (χ4n) is 0.368. The van der Waals surface area contributed by atoms with Gasteiger partial charge in [0.1, 0.15) is 0 Å². The molecule has 0 spiro atoms. The number of hydrogen-bond acceptors (Lipinski definition) is 2. The van der Waals surface area contributed by atoms with Gasteiger partial charge in [0.05, 0.1) is 0 Å². The van der Waals surface area contributed by atoms with Crippen LogP contribution in [0.5, 0.6) is 0 Å². The van der Waals surface area contributed by atoms with Crippen LogP contribution in [0.15, 0.2) is 0 Å². The molecular formula is C5H9LiO2. The third-order valence-corrected chi connectivity index (χ3v) is 1.22. The SMILES string of the molecule is [Li][CH2]C(C)C(=O)OC. The molecule has 8 heavy (non-hydrogen) atoms. The molecule has 0 bridgehead atoms. The second-order valence-corrected chi connectivity index (χ2v) is 1.83. The molecule has 0 aromatic carbocycles.